The Hall–Kier alpha value is -1.84. The summed E-state index contributed by atoms with van der Waals surface area (Å²) in [5, 5.41) is 18.3. The van der Waals surface area contributed by atoms with Crippen molar-refractivity contribution < 1.29 is 43.0 Å². The summed E-state index contributed by atoms with van der Waals surface area (Å²) in [5.74, 6) is -0.402. The molecule has 0 aromatic heterocycles. The Labute approximate surface area is 317 Å². The Morgan fingerprint density at radius 2 is 1.10 bits per heavy atom. The van der Waals surface area contributed by atoms with Gasteiger partial charge in [-0.1, -0.05) is 132 Å². The van der Waals surface area contributed by atoms with Gasteiger partial charge in [-0.2, -0.15) is 0 Å². The van der Waals surface area contributed by atoms with E-state index >= 15 is 0 Å². The number of hydrogen-bond donors (Lipinski definition) is 3. The highest BCUT2D eigenvalue weighted by Gasteiger charge is 2.26. The van der Waals surface area contributed by atoms with Crippen molar-refractivity contribution in [2.24, 2.45) is 0 Å². The van der Waals surface area contributed by atoms with Crippen molar-refractivity contribution in [1.29, 1.82) is 0 Å². The summed E-state index contributed by atoms with van der Waals surface area (Å²) in [5.41, 5.74) is 0. The number of esters is 1. The van der Waals surface area contributed by atoms with E-state index in [4.69, 9.17) is 23.6 Å². The number of allylic oxidation sites excluding steroid dienone is 10. The van der Waals surface area contributed by atoms with Gasteiger partial charge >= 0.3 is 13.8 Å². The maximum absolute atomic E-state index is 12.6. The molecule has 0 aromatic carbocycles. The third kappa shape index (κ3) is 37.9. The van der Waals surface area contributed by atoms with Crippen LogP contribution in [0.25, 0.3) is 0 Å². The number of aliphatic hydroxyl groups excluding tert-OH is 2. The molecule has 3 N–H and O–H groups in total. The number of hydrogen-bond acceptors (Lipinski definition) is 8. The highest BCUT2D eigenvalue weighted by atomic mass is 31.2. The minimum Gasteiger partial charge on any atom is -0.457 e. The predicted octanol–water partition coefficient (Wildman–Crippen LogP) is 10.8. The van der Waals surface area contributed by atoms with Crippen LogP contribution in [0, 0.1) is 0 Å². The standard InChI is InChI=1S/C42H75O9P/c1-3-5-7-9-11-13-15-17-18-19-20-21-23-25-27-29-31-33-35-48-38-41(39-50-52(46,47)49-37-40(44)36-43)51-42(45)34-32-30-28-26-24-22-16-14-12-10-8-6-4-2/h5,7,11,13-14,16-18,20-21,40-41,43-44H,3-4,6,8-10,12,15,19,22-39H2,1-2H3,(H,46,47)/b7-5-,13-11-,16-14-,18-17-,21-20-. The molecule has 0 spiro atoms. The molecule has 0 aliphatic carbocycles. The van der Waals surface area contributed by atoms with E-state index in [1.165, 1.54) is 32.1 Å². The van der Waals surface area contributed by atoms with Crippen molar-refractivity contribution in [2.75, 3.05) is 33.0 Å². The van der Waals surface area contributed by atoms with Crippen LogP contribution >= 0.6 is 7.82 Å². The largest absolute Gasteiger partial charge is 0.472 e. The first-order valence-electron chi connectivity index (χ1n) is 20.3. The maximum Gasteiger partial charge on any atom is 0.472 e. The Balaban J connectivity index is 4.26. The van der Waals surface area contributed by atoms with Gasteiger partial charge in [0, 0.05) is 13.0 Å². The van der Waals surface area contributed by atoms with Crippen LogP contribution < -0.4 is 0 Å². The van der Waals surface area contributed by atoms with Gasteiger partial charge in [0.15, 0.2) is 0 Å². The first-order chi connectivity index (χ1) is 25.3. The van der Waals surface area contributed by atoms with Gasteiger partial charge in [-0.25, -0.2) is 4.57 Å². The number of aliphatic hydroxyl groups is 2. The topological polar surface area (TPSA) is 132 Å². The van der Waals surface area contributed by atoms with E-state index in [-0.39, 0.29) is 13.0 Å². The SMILES string of the molecule is CC/C=C\C/C=C\C/C=C\C/C=C\CCCCCCCOCC(COP(=O)(O)OCC(O)CO)OC(=O)CCCCCCC/C=C\CCCCCC. The lowest BCUT2D eigenvalue weighted by Crippen LogP contribution is -2.29. The summed E-state index contributed by atoms with van der Waals surface area (Å²) in [7, 11) is -4.52. The van der Waals surface area contributed by atoms with Gasteiger partial charge in [0.25, 0.3) is 0 Å². The van der Waals surface area contributed by atoms with Crippen molar-refractivity contribution in [2.45, 2.75) is 167 Å². The number of phosphoric acid groups is 1. The van der Waals surface area contributed by atoms with Crippen LogP contribution in [0.15, 0.2) is 60.8 Å². The second-order valence-corrected chi connectivity index (χ2v) is 14.7. The average molecular weight is 755 g/mol. The molecular weight excluding hydrogens is 679 g/mol. The van der Waals surface area contributed by atoms with Gasteiger partial charge < -0.3 is 24.6 Å². The molecule has 0 bridgehead atoms. The average Bonchev–Trinajstić information content (AvgIpc) is 3.13. The number of carbonyl (C=O) groups excluding carboxylic acids is 1. The molecule has 3 unspecified atom stereocenters. The molecule has 0 saturated carbocycles. The number of carbonyl (C=O) groups is 1. The minimum atomic E-state index is -4.52. The second-order valence-electron chi connectivity index (χ2n) is 13.3. The zero-order valence-corrected chi connectivity index (χ0v) is 33.7. The van der Waals surface area contributed by atoms with Gasteiger partial charge in [-0.15, -0.1) is 0 Å². The van der Waals surface area contributed by atoms with Crippen LogP contribution in [0.2, 0.25) is 0 Å². The zero-order valence-electron chi connectivity index (χ0n) is 32.8. The maximum atomic E-state index is 12.6. The zero-order chi connectivity index (χ0) is 38.2. The van der Waals surface area contributed by atoms with E-state index < -0.39 is 45.8 Å². The summed E-state index contributed by atoms with van der Waals surface area (Å²) in [6, 6.07) is 0. The van der Waals surface area contributed by atoms with Crippen molar-refractivity contribution in [3.63, 3.8) is 0 Å². The molecule has 0 rings (SSSR count). The van der Waals surface area contributed by atoms with Gasteiger partial charge in [-0.3, -0.25) is 13.8 Å². The normalized spacial score (nSPS) is 14.8. The lowest BCUT2D eigenvalue weighted by Gasteiger charge is -2.20. The molecule has 0 radical (unpaired) electrons. The van der Waals surface area contributed by atoms with Crippen molar-refractivity contribution in [1.82, 2.24) is 0 Å². The fourth-order valence-corrected chi connectivity index (χ4v) is 5.89. The summed E-state index contributed by atoms with van der Waals surface area (Å²) < 4.78 is 33.3. The molecule has 0 amide bonds. The first kappa shape index (κ1) is 50.2. The van der Waals surface area contributed by atoms with E-state index in [1.54, 1.807) is 0 Å². The first-order valence-corrected chi connectivity index (χ1v) is 21.8. The summed E-state index contributed by atoms with van der Waals surface area (Å²) in [4.78, 5) is 22.5. The van der Waals surface area contributed by atoms with Gasteiger partial charge in [0.05, 0.1) is 26.4 Å². The van der Waals surface area contributed by atoms with Crippen LogP contribution in [0.4, 0.5) is 0 Å². The molecule has 302 valence electrons. The molecule has 3 atom stereocenters. The number of phosphoric ester groups is 1. The summed E-state index contributed by atoms with van der Waals surface area (Å²) >= 11 is 0. The molecule has 0 fully saturated rings. The fourth-order valence-electron chi connectivity index (χ4n) is 5.10. The van der Waals surface area contributed by atoms with Crippen LogP contribution in [0.1, 0.15) is 155 Å². The predicted molar refractivity (Wildman–Crippen MR) is 214 cm³/mol. The van der Waals surface area contributed by atoms with E-state index in [0.29, 0.717) is 13.0 Å². The molecule has 0 saturated heterocycles. The Morgan fingerprint density at radius 1 is 0.615 bits per heavy atom. The smallest absolute Gasteiger partial charge is 0.457 e. The van der Waals surface area contributed by atoms with Crippen molar-refractivity contribution >= 4 is 13.8 Å². The van der Waals surface area contributed by atoms with Gasteiger partial charge in [0.1, 0.15) is 12.2 Å². The van der Waals surface area contributed by atoms with E-state index in [0.717, 1.165) is 96.3 Å². The number of unbranched alkanes of at least 4 members (excludes halogenated alkanes) is 14. The van der Waals surface area contributed by atoms with Crippen LogP contribution in [0.3, 0.4) is 0 Å². The highest BCUT2D eigenvalue weighted by Crippen LogP contribution is 2.43. The molecule has 0 aromatic rings. The molecular formula is C42H75O9P. The van der Waals surface area contributed by atoms with Crippen LogP contribution in [-0.2, 0) is 27.9 Å². The third-order valence-electron chi connectivity index (χ3n) is 8.19. The summed E-state index contributed by atoms with van der Waals surface area (Å²) in [6.45, 7) is 3.31. The molecule has 0 aliphatic heterocycles. The Kier molecular flexibility index (Phi) is 37.5. The molecule has 52 heavy (non-hydrogen) atoms. The summed E-state index contributed by atoms with van der Waals surface area (Å²) in [6.07, 6.45) is 43.2. The van der Waals surface area contributed by atoms with E-state index in [2.05, 4.69) is 74.6 Å². The lowest BCUT2D eigenvalue weighted by atomic mass is 10.1. The quantitative estimate of drug-likeness (QED) is 0.0244. The third-order valence-corrected chi connectivity index (χ3v) is 9.14. The monoisotopic (exact) mass is 755 g/mol. The van der Waals surface area contributed by atoms with Crippen LogP contribution in [-0.4, -0.2) is 66.3 Å². The number of ether oxygens (including phenoxy) is 2. The second kappa shape index (κ2) is 38.9. The van der Waals surface area contributed by atoms with Gasteiger partial charge in [-0.05, 0) is 77.0 Å². The van der Waals surface area contributed by atoms with Crippen molar-refractivity contribution in [3.05, 3.63) is 60.8 Å². The lowest BCUT2D eigenvalue weighted by molar-refractivity contribution is -0.154. The number of rotatable bonds is 38. The molecule has 0 aliphatic rings. The van der Waals surface area contributed by atoms with E-state index in [1.807, 2.05) is 0 Å². The fraction of sp³-hybridized carbons (Fsp3) is 0.738. The molecule has 0 heterocycles. The van der Waals surface area contributed by atoms with E-state index in [9.17, 15) is 19.4 Å². The Morgan fingerprint density at radius 3 is 1.67 bits per heavy atom. The molecule has 9 nitrogen and oxygen atoms in total. The van der Waals surface area contributed by atoms with Gasteiger partial charge in [0.2, 0.25) is 0 Å². The highest BCUT2D eigenvalue weighted by molar-refractivity contribution is 7.47. The molecule has 10 heteroatoms. The Bertz CT molecular complexity index is 992. The minimum absolute atomic E-state index is 0.0307. The van der Waals surface area contributed by atoms with Crippen LogP contribution in [0.5, 0.6) is 0 Å². The van der Waals surface area contributed by atoms with Crippen molar-refractivity contribution in [3.8, 4) is 0 Å².